The molecular weight excluding hydrogens is 248 g/mol. The number of hydrogen-bond donors (Lipinski definition) is 0. The molecule has 2 nitrogen and oxygen atoms in total. The van der Waals surface area contributed by atoms with Gasteiger partial charge in [-0.3, -0.25) is 4.90 Å². The SMILES string of the molecule is CSC1CCCN(Cc2csc(Cl)n2)C1. The summed E-state index contributed by atoms with van der Waals surface area (Å²) in [6.07, 6.45) is 4.87. The van der Waals surface area contributed by atoms with Crippen molar-refractivity contribution in [1.29, 1.82) is 0 Å². The van der Waals surface area contributed by atoms with Crippen LogP contribution in [0.3, 0.4) is 0 Å². The summed E-state index contributed by atoms with van der Waals surface area (Å²) in [5.74, 6) is 0. The summed E-state index contributed by atoms with van der Waals surface area (Å²) < 4.78 is 0.656. The first kappa shape index (κ1) is 11.7. The predicted molar refractivity (Wildman–Crippen MR) is 68.9 cm³/mol. The van der Waals surface area contributed by atoms with Crippen LogP contribution in [-0.2, 0) is 6.54 Å². The number of thioether (sulfide) groups is 1. The van der Waals surface area contributed by atoms with Crippen LogP contribution < -0.4 is 0 Å². The number of halogens is 1. The molecule has 0 saturated carbocycles. The van der Waals surface area contributed by atoms with Gasteiger partial charge in [-0.05, 0) is 25.6 Å². The molecule has 1 unspecified atom stereocenters. The summed E-state index contributed by atoms with van der Waals surface area (Å²) in [6, 6.07) is 0. The van der Waals surface area contributed by atoms with Gasteiger partial charge >= 0.3 is 0 Å². The van der Waals surface area contributed by atoms with E-state index in [2.05, 4.69) is 21.5 Å². The molecule has 2 heterocycles. The predicted octanol–water partition coefficient (Wildman–Crippen LogP) is 3.12. The fourth-order valence-electron chi connectivity index (χ4n) is 1.93. The van der Waals surface area contributed by atoms with E-state index in [1.165, 1.54) is 37.3 Å². The zero-order chi connectivity index (χ0) is 10.7. The molecule has 1 atom stereocenters. The Bertz CT molecular complexity index is 316. The lowest BCUT2D eigenvalue weighted by molar-refractivity contribution is 0.224. The standard InChI is InChI=1S/C10H15ClN2S2/c1-14-9-3-2-4-13(6-9)5-8-7-15-10(11)12-8/h7,9H,2-6H2,1H3. The number of likely N-dealkylation sites (tertiary alicyclic amines) is 1. The third kappa shape index (κ3) is 3.34. The molecule has 0 amide bonds. The zero-order valence-corrected chi connectivity index (χ0v) is 11.2. The molecule has 2 rings (SSSR count). The smallest absolute Gasteiger partial charge is 0.183 e. The monoisotopic (exact) mass is 262 g/mol. The van der Waals surface area contributed by atoms with Crippen LogP contribution in [-0.4, -0.2) is 34.5 Å². The Morgan fingerprint density at radius 3 is 3.27 bits per heavy atom. The number of nitrogens with zero attached hydrogens (tertiary/aromatic N) is 2. The van der Waals surface area contributed by atoms with Gasteiger partial charge in [0.25, 0.3) is 0 Å². The van der Waals surface area contributed by atoms with E-state index < -0.39 is 0 Å². The molecule has 1 aromatic rings. The molecular formula is C10H15ClN2S2. The Labute approximate surface area is 104 Å². The van der Waals surface area contributed by atoms with Crippen molar-refractivity contribution in [3.05, 3.63) is 15.5 Å². The summed E-state index contributed by atoms with van der Waals surface area (Å²) in [7, 11) is 0. The third-order valence-electron chi connectivity index (χ3n) is 2.70. The Kier molecular flexibility index (Phi) is 4.31. The summed E-state index contributed by atoms with van der Waals surface area (Å²) in [5.41, 5.74) is 1.12. The van der Waals surface area contributed by atoms with E-state index in [-0.39, 0.29) is 0 Å². The second-order valence-corrected chi connectivity index (χ2v) is 6.41. The minimum Gasteiger partial charge on any atom is -0.296 e. The molecule has 1 fully saturated rings. The normalized spacial score (nSPS) is 23.2. The lowest BCUT2D eigenvalue weighted by Crippen LogP contribution is -2.36. The summed E-state index contributed by atoms with van der Waals surface area (Å²) >= 11 is 9.32. The minimum atomic E-state index is 0.656. The Hall–Kier alpha value is 0.230. The van der Waals surface area contributed by atoms with E-state index in [0.717, 1.165) is 17.5 Å². The van der Waals surface area contributed by atoms with Crippen LogP contribution in [0.1, 0.15) is 18.5 Å². The fourth-order valence-corrected chi connectivity index (χ4v) is 3.47. The van der Waals surface area contributed by atoms with Crippen molar-refractivity contribution in [2.45, 2.75) is 24.6 Å². The summed E-state index contributed by atoms with van der Waals surface area (Å²) in [4.78, 5) is 6.77. The van der Waals surface area contributed by atoms with Crippen molar-refractivity contribution in [2.75, 3.05) is 19.3 Å². The Morgan fingerprint density at radius 1 is 1.73 bits per heavy atom. The van der Waals surface area contributed by atoms with E-state index >= 15 is 0 Å². The average Bonchev–Trinajstić information content (AvgIpc) is 2.64. The highest BCUT2D eigenvalue weighted by Crippen LogP contribution is 2.22. The van der Waals surface area contributed by atoms with E-state index in [1.807, 2.05) is 11.8 Å². The van der Waals surface area contributed by atoms with Gasteiger partial charge in [0, 0.05) is 23.7 Å². The minimum absolute atomic E-state index is 0.656. The number of hydrogen-bond acceptors (Lipinski definition) is 4. The number of rotatable bonds is 3. The molecule has 0 spiro atoms. The second-order valence-electron chi connectivity index (χ2n) is 3.83. The van der Waals surface area contributed by atoms with E-state index in [1.54, 1.807) is 0 Å². The van der Waals surface area contributed by atoms with Crippen molar-refractivity contribution in [1.82, 2.24) is 9.88 Å². The lowest BCUT2D eigenvalue weighted by atomic mass is 10.1. The van der Waals surface area contributed by atoms with E-state index in [9.17, 15) is 0 Å². The average molecular weight is 263 g/mol. The quantitative estimate of drug-likeness (QED) is 0.833. The molecule has 1 aliphatic heterocycles. The van der Waals surface area contributed by atoms with Gasteiger partial charge in [0.05, 0.1) is 5.69 Å². The van der Waals surface area contributed by atoms with E-state index in [4.69, 9.17) is 11.6 Å². The highest BCUT2D eigenvalue weighted by atomic mass is 35.5. The topological polar surface area (TPSA) is 16.1 Å². The lowest BCUT2D eigenvalue weighted by Gasteiger charge is -2.31. The van der Waals surface area contributed by atoms with Gasteiger partial charge in [-0.25, -0.2) is 4.98 Å². The first-order valence-corrected chi connectivity index (χ1v) is 7.67. The second kappa shape index (κ2) is 5.53. The molecule has 84 valence electrons. The maximum atomic E-state index is 5.82. The van der Waals surface area contributed by atoms with Gasteiger partial charge in [-0.2, -0.15) is 11.8 Å². The van der Waals surface area contributed by atoms with Gasteiger partial charge < -0.3 is 0 Å². The molecule has 1 saturated heterocycles. The van der Waals surface area contributed by atoms with Crippen LogP contribution in [0.15, 0.2) is 5.38 Å². The number of aromatic nitrogens is 1. The van der Waals surface area contributed by atoms with Crippen molar-refractivity contribution in [3.8, 4) is 0 Å². The van der Waals surface area contributed by atoms with Gasteiger partial charge in [-0.15, -0.1) is 11.3 Å². The van der Waals surface area contributed by atoms with Crippen molar-refractivity contribution in [3.63, 3.8) is 0 Å². The third-order valence-corrected chi connectivity index (χ3v) is 4.78. The first-order valence-electron chi connectivity index (χ1n) is 5.13. The van der Waals surface area contributed by atoms with Gasteiger partial charge in [0.1, 0.15) is 0 Å². The maximum Gasteiger partial charge on any atom is 0.183 e. The fraction of sp³-hybridized carbons (Fsp3) is 0.700. The van der Waals surface area contributed by atoms with Gasteiger partial charge in [0.2, 0.25) is 0 Å². The van der Waals surface area contributed by atoms with Crippen molar-refractivity contribution >= 4 is 34.7 Å². The van der Waals surface area contributed by atoms with Crippen molar-refractivity contribution in [2.24, 2.45) is 0 Å². The molecule has 1 aliphatic rings. The molecule has 0 radical (unpaired) electrons. The molecule has 0 aromatic carbocycles. The van der Waals surface area contributed by atoms with Crippen LogP contribution in [0.25, 0.3) is 0 Å². The highest BCUT2D eigenvalue weighted by molar-refractivity contribution is 7.99. The highest BCUT2D eigenvalue weighted by Gasteiger charge is 2.19. The molecule has 0 N–H and O–H groups in total. The van der Waals surface area contributed by atoms with Crippen LogP contribution >= 0.6 is 34.7 Å². The molecule has 1 aromatic heterocycles. The largest absolute Gasteiger partial charge is 0.296 e. The van der Waals surface area contributed by atoms with E-state index in [0.29, 0.717) is 4.47 Å². The van der Waals surface area contributed by atoms with Gasteiger partial charge in [0.15, 0.2) is 4.47 Å². The molecule has 0 aliphatic carbocycles. The molecule has 5 heteroatoms. The first-order chi connectivity index (χ1) is 7.28. The molecule has 15 heavy (non-hydrogen) atoms. The number of thiazole rings is 1. The summed E-state index contributed by atoms with van der Waals surface area (Å²) in [6.45, 7) is 3.35. The van der Waals surface area contributed by atoms with Crippen LogP contribution in [0.2, 0.25) is 4.47 Å². The number of piperidine rings is 1. The van der Waals surface area contributed by atoms with Crippen LogP contribution in [0.5, 0.6) is 0 Å². The van der Waals surface area contributed by atoms with Crippen LogP contribution in [0.4, 0.5) is 0 Å². The molecule has 0 bridgehead atoms. The van der Waals surface area contributed by atoms with Crippen LogP contribution in [0, 0.1) is 0 Å². The van der Waals surface area contributed by atoms with Gasteiger partial charge in [-0.1, -0.05) is 11.6 Å². The summed E-state index contributed by atoms with van der Waals surface area (Å²) in [5, 5.41) is 2.86. The Balaban J connectivity index is 1.88. The maximum absolute atomic E-state index is 5.82. The zero-order valence-electron chi connectivity index (χ0n) is 8.78. The van der Waals surface area contributed by atoms with Crippen molar-refractivity contribution < 1.29 is 0 Å². The Morgan fingerprint density at radius 2 is 2.60 bits per heavy atom.